The first kappa shape index (κ1) is 20.8. The van der Waals surface area contributed by atoms with E-state index >= 15 is 0 Å². The number of hydrogen-bond acceptors (Lipinski definition) is 4. The number of fused-ring (bicyclic) bond motifs is 1. The minimum absolute atomic E-state index is 0.139. The SMILES string of the molecule is CC(CC(=O)Nc1ccc(Cc2nc3ccccc3s2)cc1)NC(=O)c1ccccc1. The van der Waals surface area contributed by atoms with E-state index in [0.717, 1.165) is 28.2 Å². The van der Waals surface area contributed by atoms with Gasteiger partial charge in [0.05, 0.1) is 15.2 Å². The van der Waals surface area contributed by atoms with Crippen molar-refractivity contribution in [1.29, 1.82) is 0 Å². The van der Waals surface area contributed by atoms with Crippen LogP contribution < -0.4 is 10.6 Å². The second-order valence-corrected chi connectivity index (χ2v) is 8.56. The van der Waals surface area contributed by atoms with E-state index in [-0.39, 0.29) is 24.3 Å². The van der Waals surface area contributed by atoms with Gasteiger partial charge in [0.2, 0.25) is 5.91 Å². The van der Waals surface area contributed by atoms with Gasteiger partial charge in [0.25, 0.3) is 5.91 Å². The summed E-state index contributed by atoms with van der Waals surface area (Å²) in [6, 6.07) is 24.6. The van der Waals surface area contributed by atoms with Crippen LogP contribution in [0.4, 0.5) is 5.69 Å². The number of nitrogens with zero attached hydrogens (tertiary/aromatic N) is 1. The van der Waals surface area contributed by atoms with Gasteiger partial charge in [-0.15, -0.1) is 11.3 Å². The molecule has 2 N–H and O–H groups in total. The van der Waals surface area contributed by atoms with Gasteiger partial charge in [-0.25, -0.2) is 4.98 Å². The fraction of sp³-hybridized carbons (Fsp3) is 0.160. The van der Waals surface area contributed by atoms with Crippen LogP contribution in [0.25, 0.3) is 10.2 Å². The number of benzene rings is 3. The molecular weight excluding hydrogens is 406 g/mol. The second kappa shape index (κ2) is 9.53. The average molecular weight is 430 g/mol. The molecule has 4 rings (SSSR count). The Morgan fingerprint density at radius 3 is 2.39 bits per heavy atom. The molecule has 2 amide bonds. The molecule has 1 aromatic heterocycles. The van der Waals surface area contributed by atoms with E-state index in [2.05, 4.69) is 21.7 Å². The number of nitrogens with one attached hydrogen (secondary N) is 2. The lowest BCUT2D eigenvalue weighted by molar-refractivity contribution is -0.116. The van der Waals surface area contributed by atoms with Crippen LogP contribution in [-0.4, -0.2) is 22.8 Å². The Kier molecular flexibility index (Phi) is 6.38. The van der Waals surface area contributed by atoms with Gasteiger partial charge in [0.1, 0.15) is 0 Å². The predicted octanol–water partition coefficient (Wildman–Crippen LogP) is 5.03. The maximum Gasteiger partial charge on any atom is 0.251 e. The van der Waals surface area contributed by atoms with Gasteiger partial charge in [0.15, 0.2) is 0 Å². The normalized spacial score (nSPS) is 11.8. The van der Waals surface area contributed by atoms with Crippen LogP contribution in [0.5, 0.6) is 0 Å². The minimum Gasteiger partial charge on any atom is -0.349 e. The summed E-state index contributed by atoms with van der Waals surface area (Å²) >= 11 is 1.70. The van der Waals surface area contributed by atoms with Gasteiger partial charge in [-0.05, 0) is 48.9 Å². The van der Waals surface area contributed by atoms with Crippen LogP contribution in [0, 0.1) is 0 Å². The molecule has 0 saturated carbocycles. The molecule has 31 heavy (non-hydrogen) atoms. The molecule has 1 unspecified atom stereocenters. The van der Waals surface area contributed by atoms with Crippen LogP contribution in [0.15, 0.2) is 78.9 Å². The standard InChI is InChI=1S/C25H23N3O2S/c1-17(26-25(30)19-7-3-2-4-8-19)15-23(29)27-20-13-11-18(12-14-20)16-24-28-21-9-5-6-10-22(21)31-24/h2-14,17H,15-16H2,1H3,(H,26,30)(H,27,29). The number of carbonyl (C=O) groups excluding carboxylic acids is 2. The summed E-state index contributed by atoms with van der Waals surface area (Å²) in [5, 5.41) is 6.82. The molecule has 6 heteroatoms. The van der Waals surface area contributed by atoms with E-state index in [1.54, 1.807) is 23.5 Å². The summed E-state index contributed by atoms with van der Waals surface area (Å²) in [5.74, 6) is -0.320. The molecule has 3 aromatic carbocycles. The molecule has 1 atom stereocenters. The van der Waals surface area contributed by atoms with Crippen LogP contribution in [0.2, 0.25) is 0 Å². The Morgan fingerprint density at radius 1 is 0.935 bits per heavy atom. The lowest BCUT2D eigenvalue weighted by Crippen LogP contribution is -2.35. The zero-order valence-electron chi connectivity index (χ0n) is 17.2. The minimum atomic E-state index is -0.272. The van der Waals surface area contributed by atoms with Crippen molar-refractivity contribution < 1.29 is 9.59 Å². The highest BCUT2D eigenvalue weighted by molar-refractivity contribution is 7.18. The van der Waals surface area contributed by atoms with Crippen LogP contribution >= 0.6 is 11.3 Å². The molecule has 156 valence electrons. The van der Waals surface area contributed by atoms with Crippen LogP contribution in [0.1, 0.15) is 34.3 Å². The number of carbonyl (C=O) groups is 2. The Labute approximate surface area is 185 Å². The molecule has 0 aliphatic carbocycles. The van der Waals surface area contributed by atoms with Crippen molar-refractivity contribution >= 4 is 39.1 Å². The Bertz CT molecular complexity index is 1150. The number of thiazole rings is 1. The van der Waals surface area contributed by atoms with Crippen LogP contribution in [0.3, 0.4) is 0 Å². The second-order valence-electron chi connectivity index (χ2n) is 7.44. The quantitative estimate of drug-likeness (QED) is 0.433. The summed E-state index contributed by atoms with van der Waals surface area (Å²) in [5.41, 5.74) is 3.48. The first-order valence-corrected chi connectivity index (χ1v) is 11.0. The molecule has 1 heterocycles. The maximum atomic E-state index is 12.3. The third kappa shape index (κ3) is 5.55. The molecule has 0 spiro atoms. The molecule has 0 aliphatic heterocycles. The molecule has 0 fully saturated rings. The molecule has 0 bridgehead atoms. The molecular formula is C25H23N3O2S. The highest BCUT2D eigenvalue weighted by Gasteiger charge is 2.13. The lowest BCUT2D eigenvalue weighted by Gasteiger charge is -2.14. The van der Waals surface area contributed by atoms with Crippen molar-refractivity contribution in [2.24, 2.45) is 0 Å². The number of rotatable bonds is 7. The lowest BCUT2D eigenvalue weighted by atomic mass is 10.1. The number of hydrogen-bond donors (Lipinski definition) is 2. The van der Waals surface area contributed by atoms with Crippen molar-refractivity contribution in [3.05, 3.63) is 95.0 Å². The average Bonchev–Trinajstić information content (AvgIpc) is 3.18. The monoisotopic (exact) mass is 429 g/mol. The summed E-state index contributed by atoms with van der Waals surface area (Å²) in [6.07, 6.45) is 0.960. The molecule has 0 saturated heterocycles. The van der Waals surface area contributed by atoms with E-state index in [4.69, 9.17) is 0 Å². The van der Waals surface area contributed by atoms with Gasteiger partial charge in [-0.2, -0.15) is 0 Å². The van der Waals surface area contributed by atoms with E-state index in [9.17, 15) is 9.59 Å². The first-order chi connectivity index (χ1) is 15.1. The largest absolute Gasteiger partial charge is 0.349 e. The number of amides is 2. The van der Waals surface area contributed by atoms with Gasteiger partial charge in [-0.3, -0.25) is 9.59 Å². The number of aromatic nitrogens is 1. The highest BCUT2D eigenvalue weighted by atomic mass is 32.1. The predicted molar refractivity (Wildman–Crippen MR) is 125 cm³/mol. The van der Waals surface area contributed by atoms with Gasteiger partial charge < -0.3 is 10.6 Å². The van der Waals surface area contributed by atoms with Crippen molar-refractivity contribution in [2.75, 3.05) is 5.32 Å². The van der Waals surface area contributed by atoms with Gasteiger partial charge in [-0.1, -0.05) is 42.5 Å². The Balaban J connectivity index is 1.29. The molecule has 0 aliphatic rings. The summed E-state index contributed by atoms with van der Waals surface area (Å²) in [7, 11) is 0. The summed E-state index contributed by atoms with van der Waals surface area (Å²) in [6.45, 7) is 1.82. The fourth-order valence-electron chi connectivity index (χ4n) is 3.31. The zero-order valence-corrected chi connectivity index (χ0v) is 18.0. The zero-order chi connectivity index (χ0) is 21.6. The number of para-hydroxylation sites is 1. The Hall–Kier alpha value is -3.51. The summed E-state index contributed by atoms with van der Waals surface area (Å²) < 4.78 is 1.19. The highest BCUT2D eigenvalue weighted by Crippen LogP contribution is 2.24. The van der Waals surface area contributed by atoms with Gasteiger partial charge >= 0.3 is 0 Å². The molecule has 0 radical (unpaired) electrons. The fourth-order valence-corrected chi connectivity index (χ4v) is 4.32. The Morgan fingerprint density at radius 2 is 1.65 bits per heavy atom. The van der Waals surface area contributed by atoms with Crippen molar-refractivity contribution in [2.45, 2.75) is 25.8 Å². The van der Waals surface area contributed by atoms with Crippen LogP contribution in [-0.2, 0) is 11.2 Å². The van der Waals surface area contributed by atoms with Crippen molar-refractivity contribution in [1.82, 2.24) is 10.3 Å². The topological polar surface area (TPSA) is 71.1 Å². The molecule has 5 nitrogen and oxygen atoms in total. The first-order valence-electron chi connectivity index (χ1n) is 10.2. The van der Waals surface area contributed by atoms with Crippen molar-refractivity contribution in [3.8, 4) is 0 Å². The third-order valence-corrected chi connectivity index (χ3v) is 5.87. The maximum absolute atomic E-state index is 12.3. The smallest absolute Gasteiger partial charge is 0.251 e. The molecule has 4 aromatic rings. The van der Waals surface area contributed by atoms with E-state index in [1.165, 1.54) is 4.70 Å². The summed E-state index contributed by atoms with van der Waals surface area (Å²) in [4.78, 5) is 29.2. The number of anilines is 1. The van der Waals surface area contributed by atoms with Gasteiger partial charge in [0, 0.05) is 30.1 Å². The van der Waals surface area contributed by atoms with E-state index in [1.807, 2.05) is 67.6 Å². The van der Waals surface area contributed by atoms with E-state index < -0.39 is 0 Å². The third-order valence-electron chi connectivity index (χ3n) is 4.84. The van der Waals surface area contributed by atoms with E-state index in [0.29, 0.717) is 5.56 Å². The van der Waals surface area contributed by atoms with Crippen molar-refractivity contribution in [3.63, 3.8) is 0 Å².